The maximum atomic E-state index is 13.4. The zero-order valence-electron chi connectivity index (χ0n) is 20.4. The van der Waals surface area contributed by atoms with Gasteiger partial charge in [-0.2, -0.15) is 0 Å². The van der Waals surface area contributed by atoms with E-state index in [1.54, 1.807) is 36.3 Å². The van der Waals surface area contributed by atoms with Crippen LogP contribution in [0.1, 0.15) is 23.6 Å². The summed E-state index contributed by atoms with van der Waals surface area (Å²) in [5.74, 6) is -0.775. The molecule has 5 rings (SSSR count). The Bertz CT molecular complexity index is 1290. The van der Waals surface area contributed by atoms with Crippen LogP contribution in [0.3, 0.4) is 0 Å². The van der Waals surface area contributed by atoms with Gasteiger partial charge in [0, 0.05) is 31.7 Å². The second kappa shape index (κ2) is 10.5. The molecule has 2 aliphatic rings. The summed E-state index contributed by atoms with van der Waals surface area (Å²) in [4.78, 5) is 30.6. The van der Waals surface area contributed by atoms with Gasteiger partial charge in [-0.3, -0.25) is 14.5 Å². The van der Waals surface area contributed by atoms with Crippen molar-refractivity contribution in [1.82, 2.24) is 9.80 Å². The zero-order chi connectivity index (χ0) is 25.1. The average Bonchev–Trinajstić information content (AvgIpc) is 3.18. The Balaban J connectivity index is 1.55. The molecule has 0 saturated carbocycles. The van der Waals surface area contributed by atoms with Crippen molar-refractivity contribution in [2.24, 2.45) is 0 Å². The van der Waals surface area contributed by atoms with Crippen LogP contribution in [-0.4, -0.2) is 73.1 Å². The van der Waals surface area contributed by atoms with E-state index in [9.17, 15) is 14.7 Å². The normalized spacial score (nSPS) is 20.2. The number of morpholine rings is 1. The third-order valence-corrected chi connectivity index (χ3v) is 7.00. The number of likely N-dealkylation sites (tertiary alicyclic amines) is 1. The molecule has 0 spiro atoms. The molecule has 1 amide bonds. The van der Waals surface area contributed by atoms with Crippen molar-refractivity contribution < 1.29 is 24.2 Å². The molecule has 3 aromatic carbocycles. The van der Waals surface area contributed by atoms with Crippen LogP contribution in [0.15, 0.2) is 72.3 Å². The lowest BCUT2D eigenvalue weighted by molar-refractivity contribution is -0.140. The van der Waals surface area contributed by atoms with E-state index in [0.717, 1.165) is 42.4 Å². The highest BCUT2D eigenvalue weighted by molar-refractivity contribution is 6.46. The first-order valence-corrected chi connectivity index (χ1v) is 12.3. The van der Waals surface area contributed by atoms with Gasteiger partial charge < -0.3 is 19.5 Å². The molecule has 2 heterocycles. The lowest BCUT2D eigenvalue weighted by Crippen LogP contribution is -2.39. The summed E-state index contributed by atoms with van der Waals surface area (Å²) in [6, 6.07) is 19.9. The van der Waals surface area contributed by atoms with Crippen LogP contribution in [0.4, 0.5) is 0 Å². The highest BCUT2D eigenvalue weighted by Gasteiger charge is 2.46. The fourth-order valence-corrected chi connectivity index (χ4v) is 5.12. The highest BCUT2D eigenvalue weighted by atomic mass is 16.5. The standard InChI is InChI=1S/C29H30N2O5/c1-35-22-12-10-21(11-13-22)27(32)25-26(24-9-4-7-20-6-2-3-8-23(20)24)31(29(34)28(25)33)15-5-14-30-16-18-36-19-17-30/h2-4,6-13,26,32H,5,14-19H2,1H3/b27-25+. The lowest BCUT2D eigenvalue weighted by atomic mass is 9.91. The molecule has 36 heavy (non-hydrogen) atoms. The SMILES string of the molecule is COc1ccc(/C(O)=C2\C(=O)C(=O)N(CCCN3CCOCC3)C2c2cccc3ccccc23)cc1. The molecule has 0 aromatic heterocycles. The minimum absolute atomic E-state index is 0.118. The van der Waals surface area contributed by atoms with Gasteiger partial charge in [0.25, 0.3) is 11.7 Å². The maximum absolute atomic E-state index is 13.4. The number of fused-ring (bicyclic) bond motifs is 1. The molecule has 7 heteroatoms. The van der Waals surface area contributed by atoms with Gasteiger partial charge in [0.2, 0.25) is 0 Å². The van der Waals surface area contributed by atoms with Gasteiger partial charge in [0.1, 0.15) is 11.5 Å². The Morgan fingerprint density at radius 3 is 2.44 bits per heavy atom. The van der Waals surface area contributed by atoms with Crippen molar-refractivity contribution in [2.45, 2.75) is 12.5 Å². The van der Waals surface area contributed by atoms with Crippen LogP contribution in [0.25, 0.3) is 16.5 Å². The van der Waals surface area contributed by atoms with Gasteiger partial charge in [-0.15, -0.1) is 0 Å². The average molecular weight is 487 g/mol. The molecule has 2 fully saturated rings. The van der Waals surface area contributed by atoms with E-state index >= 15 is 0 Å². The van der Waals surface area contributed by atoms with E-state index in [1.165, 1.54) is 0 Å². The van der Waals surface area contributed by atoms with Crippen LogP contribution in [-0.2, 0) is 14.3 Å². The number of aliphatic hydroxyl groups excluding tert-OH is 1. The monoisotopic (exact) mass is 486 g/mol. The molecule has 2 saturated heterocycles. The molecule has 1 N–H and O–H groups in total. The molecule has 0 bridgehead atoms. The molecule has 3 aromatic rings. The first-order chi connectivity index (χ1) is 17.6. The quantitative estimate of drug-likeness (QED) is 0.309. The van der Waals surface area contributed by atoms with Gasteiger partial charge in [-0.05, 0) is 47.0 Å². The molecule has 1 atom stereocenters. The van der Waals surface area contributed by atoms with Crippen molar-refractivity contribution >= 4 is 28.2 Å². The first kappa shape index (κ1) is 24.0. The summed E-state index contributed by atoms with van der Waals surface area (Å²) in [5, 5.41) is 13.3. The molecule has 7 nitrogen and oxygen atoms in total. The summed E-state index contributed by atoms with van der Waals surface area (Å²) in [7, 11) is 1.57. The summed E-state index contributed by atoms with van der Waals surface area (Å²) < 4.78 is 10.7. The summed E-state index contributed by atoms with van der Waals surface area (Å²) >= 11 is 0. The second-order valence-electron chi connectivity index (χ2n) is 9.10. The fraction of sp³-hybridized carbons (Fsp3) is 0.310. The Morgan fingerprint density at radius 1 is 0.972 bits per heavy atom. The molecular weight excluding hydrogens is 456 g/mol. The number of nitrogens with zero attached hydrogens (tertiary/aromatic N) is 2. The minimum Gasteiger partial charge on any atom is -0.507 e. The van der Waals surface area contributed by atoms with E-state index < -0.39 is 17.7 Å². The summed E-state index contributed by atoms with van der Waals surface area (Å²) in [6.07, 6.45) is 0.719. The van der Waals surface area contributed by atoms with E-state index in [0.29, 0.717) is 31.1 Å². The predicted molar refractivity (Wildman–Crippen MR) is 138 cm³/mol. The number of aliphatic hydroxyl groups is 1. The Hall–Kier alpha value is -3.68. The number of hydrogen-bond donors (Lipinski definition) is 1. The number of methoxy groups -OCH3 is 1. The van der Waals surface area contributed by atoms with E-state index in [1.807, 2.05) is 42.5 Å². The van der Waals surface area contributed by atoms with Crippen LogP contribution in [0.5, 0.6) is 5.75 Å². The molecule has 0 aliphatic carbocycles. The second-order valence-corrected chi connectivity index (χ2v) is 9.10. The van der Waals surface area contributed by atoms with Gasteiger partial charge >= 0.3 is 0 Å². The maximum Gasteiger partial charge on any atom is 0.295 e. The van der Waals surface area contributed by atoms with Crippen molar-refractivity contribution in [2.75, 3.05) is 46.5 Å². The number of carbonyl (C=O) groups excluding carboxylic acids is 2. The van der Waals surface area contributed by atoms with E-state index in [2.05, 4.69) is 4.90 Å². The summed E-state index contributed by atoms with van der Waals surface area (Å²) in [5.41, 5.74) is 1.41. The largest absolute Gasteiger partial charge is 0.507 e. The Kier molecular flexibility index (Phi) is 7.02. The number of ether oxygens (including phenoxy) is 2. The van der Waals surface area contributed by atoms with Gasteiger partial charge in [-0.25, -0.2) is 0 Å². The third kappa shape index (κ3) is 4.59. The Labute approximate surface area is 210 Å². The Morgan fingerprint density at radius 2 is 1.69 bits per heavy atom. The van der Waals surface area contributed by atoms with Gasteiger partial charge in [-0.1, -0.05) is 42.5 Å². The van der Waals surface area contributed by atoms with Gasteiger partial charge in [0.05, 0.1) is 31.9 Å². The van der Waals surface area contributed by atoms with E-state index in [4.69, 9.17) is 9.47 Å². The number of amides is 1. The minimum atomic E-state index is -0.678. The van der Waals surface area contributed by atoms with Crippen molar-refractivity contribution in [3.8, 4) is 5.75 Å². The first-order valence-electron chi connectivity index (χ1n) is 12.3. The fourth-order valence-electron chi connectivity index (χ4n) is 5.12. The molecular formula is C29H30N2O5. The third-order valence-electron chi connectivity index (χ3n) is 7.00. The highest BCUT2D eigenvalue weighted by Crippen LogP contribution is 2.42. The molecule has 2 aliphatic heterocycles. The van der Waals surface area contributed by atoms with Crippen LogP contribution in [0.2, 0.25) is 0 Å². The molecule has 1 unspecified atom stereocenters. The number of hydrogen-bond acceptors (Lipinski definition) is 6. The number of Topliss-reactive ketones (excluding diaryl/α,β-unsaturated/α-hetero) is 1. The number of carbonyl (C=O) groups is 2. The number of rotatable bonds is 7. The van der Waals surface area contributed by atoms with Gasteiger partial charge in [0.15, 0.2) is 0 Å². The van der Waals surface area contributed by atoms with Crippen LogP contribution >= 0.6 is 0 Å². The van der Waals surface area contributed by atoms with Crippen LogP contribution < -0.4 is 4.74 Å². The van der Waals surface area contributed by atoms with E-state index in [-0.39, 0.29) is 11.3 Å². The van der Waals surface area contributed by atoms with Crippen molar-refractivity contribution in [3.63, 3.8) is 0 Å². The van der Waals surface area contributed by atoms with Crippen LogP contribution in [0, 0.1) is 0 Å². The predicted octanol–water partition coefficient (Wildman–Crippen LogP) is 3.99. The lowest BCUT2D eigenvalue weighted by Gasteiger charge is -2.29. The summed E-state index contributed by atoms with van der Waals surface area (Å²) in [6.45, 7) is 4.37. The molecule has 186 valence electrons. The topological polar surface area (TPSA) is 79.3 Å². The zero-order valence-corrected chi connectivity index (χ0v) is 20.4. The van der Waals surface area contributed by atoms with Crippen molar-refractivity contribution in [3.05, 3.63) is 83.4 Å². The van der Waals surface area contributed by atoms with Crippen molar-refractivity contribution in [1.29, 1.82) is 0 Å². The number of benzene rings is 3. The smallest absolute Gasteiger partial charge is 0.295 e. The number of ketones is 1. The molecule has 0 radical (unpaired) electrons.